The van der Waals surface area contributed by atoms with Crippen LogP contribution in [0.2, 0.25) is 0 Å². The lowest BCUT2D eigenvalue weighted by atomic mass is 10.1. The van der Waals surface area contributed by atoms with Gasteiger partial charge in [-0.3, -0.25) is 0 Å². The fourth-order valence-corrected chi connectivity index (χ4v) is 3.32. The fraction of sp³-hybridized carbons (Fsp3) is 1.00. The van der Waals surface area contributed by atoms with Crippen LogP contribution in [0.3, 0.4) is 0 Å². The second-order valence-corrected chi connectivity index (χ2v) is 6.43. The van der Waals surface area contributed by atoms with Crippen molar-refractivity contribution >= 4 is 0 Å². The predicted octanol–water partition coefficient (Wildman–Crippen LogP) is 1.39. The van der Waals surface area contributed by atoms with Gasteiger partial charge in [-0.15, -0.1) is 0 Å². The van der Waals surface area contributed by atoms with E-state index in [0.29, 0.717) is 6.04 Å². The third-order valence-corrected chi connectivity index (χ3v) is 4.19. The maximum Gasteiger partial charge on any atom is 0.0110 e. The molecule has 1 aliphatic carbocycles. The number of hydrogen-bond donors (Lipinski definition) is 1. The third-order valence-electron chi connectivity index (χ3n) is 4.19. The van der Waals surface area contributed by atoms with E-state index in [2.05, 4.69) is 23.6 Å². The third kappa shape index (κ3) is 4.23. The van der Waals surface area contributed by atoms with Gasteiger partial charge in [0.1, 0.15) is 0 Å². The van der Waals surface area contributed by atoms with E-state index in [1.54, 1.807) is 0 Å². The van der Waals surface area contributed by atoms with Crippen molar-refractivity contribution in [2.24, 2.45) is 17.6 Å². The van der Waals surface area contributed by atoms with Gasteiger partial charge in [0, 0.05) is 45.3 Å². The van der Waals surface area contributed by atoms with Crippen LogP contribution in [0, 0.1) is 11.8 Å². The topological polar surface area (TPSA) is 32.5 Å². The number of rotatable bonds is 4. The molecule has 2 fully saturated rings. The first-order valence-electron chi connectivity index (χ1n) is 7.33. The average molecular weight is 239 g/mol. The molecule has 1 saturated heterocycles. The van der Waals surface area contributed by atoms with E-state index < -0.39 is 0 Å². The second-order valence-electron chi connectivity index (χ2n) is 6.43. The van der Waals surface area contributed by atoms with Gasteiger partial charge in [-0.05, 0) is 31.1 Å². The van der Waals surface area contributed by atoms with E-state index in [-0.39, 0.29) is 0 Å². The van der Waals surface area contributed by atoms with E-state index in [9.17, 15) is 0 Å². The second kappa shape index (κ2) is 6.17. The molecule has 0 radical (unpaired) electrons. The van der Waals surface area contributed by atoms with Crippen LogP contribution in [0.4, 0.5) is 0 Å². The Morgan fingerprint density at radius 2 is 1.71 bits per heavy atom. The van der Waals surface area contributed by atoms with Gasteiger partial charge >= 0.3 is 0 Å². The summed E-state index contributed by atoms with van der Waals surface area (Å²) in [7, 11) is 0. The zero-order chi connectivity index (χ0) is 12.3. The summed E-state index contributed by atoms with van der Waals surface area (Å²) in [4.78, 5) is 5.26. The van der Waals surface area contributed by atoms with Gasteiger partial charge < -0.3 is 15.5 Å². The Morgan fingerprint density at radius 1 is 1.06 bits per heavy atom. The van der Waals surface area contributed by atoms with Gasteiger partial charge in [-0.2, -0.15) is 0 Å². The maximum atomic E-state index is 5.98. The van der Waals surface area contributed by atoms with E-state index in [4.69, 9.17) is 5.73 Å². The van der Waals surface area contributed by atoms with Crippen molar-refractivity contribution in [2.75, 3.05) is 39.3 Å². The molecule has 3 heteroatoms. The van der Waals surface area contributed by atoms with Gasteiger partial charge in [0.25, 0.3) is 0 Å². The van der Waals surface area contributed by atoms with Gasteiger partial charge in [-0.25, -0.2) is 0 Å². The normalized spacial score (nSPS) is 32.5. The van der Waals surface area contributed by atoms with Crippen LogP contribution in [-0.2, 0) is 0 Å². The molecule has 0 bridgehead atoms. The summed E-state index contributed by atoms with van der Waals surface area (Å²) in [5.74, 6) is 1.68. The van der Waals surface area contributed by atoms with Gasteiger partial charge in [0.2, 0.25) is 0 Å². The van der Waals surface area contributed by atoms with Gasteiger partial charge in [0.05, 0.1) is 0 Å². The molecule has 2 atom stereocenters. The molecule has 1 saturated carbocycles. The minimum Gasteiger partial charge on any atom is -0.328 e. The summed E-state index contributed by atoms with van der Waals surface area (Å²) in [5, 5.41) is 0. The zero-order valence-corrected chi connectivity index (χ0v) is 11.6. The minimum absolute atomic E-state index is 0.488. The molecule has 0 aromatic rings. The van der Waals surface area contributed by atoms with Crippen LogP contribution in [0.15, 0.2) is 0 Å². The van der Waals surface area contributed by atoms with E-state index >= 15 is 0 Å². The monoisotopic (exact) mass is 239 g/mol. The quantitative estimate of drug-likeness (QED) is 0.804. The predicted molar refractivity (Wildman–Crippen MR) is 73.0 cm³/mol. The van der Waals surface area contributed by atoms with Crippen molar-refractivity contribution in [1.82, 2.24) is 9.80 Å². The van der Waals surface area contributed by atoms with E-state index in [0.717, 1.165) is 11.8 Å². The molecule has 2 unspecified atom stereocenters. The van der Waals surface area contributed by atoms with Crippen molar-refractivity contribution in [3.63, 3.8) is 0 Å². The first-order valence-corrected chi connectivity index (χ1v) is 7.33. The highest BCUT2D eigenvalue weighted by atomic mass is 15.3. The Kier molecular flexibility index (Phi) is 4.83. The van der Waals surface area contributed by atoms with Crippen molar-refractivity contribution in [2.45, 2.75) is 39.2 Å². The number of nitrogens with zero attached hydrogens (tertiary/aromatic N) is 2. The maximum absolute atomic E-state index is 5.98. The summed E-state index contributed by atoms with van der Waals surface area (Å²) >= 11 is 0. The van der Waals surface area contributed by atoms with Crippen LogP contribution >= 0.6 is 0 Å². The summed E-state index contributed by atoms with van der Waals surface area (Å²) in [6.45, 7) is 12.2. The van der Waals surface area contributed by atoms with Crippen molar-refractivity contribution in [3.05, 3.63) is 0 Å². The average Bonchev–Trinajstić information content (AvgIpc) is 2.66. The summed E-state index contributed by atoms with van der Waals surface area (Å²) < 4.78 is 0. The van der Waals surface area contributed by atoms with Crippen LogP contribution in [-0.4, -0.2) is 55.1 Å². The largest absolute Gasteiger partial charge is 0.328 e. The Bertz CT molecular complexity index is 222. The molecule has 0 aromatic heterocycles. The smallest absolute Gasteiger partial charge is 0.0110 e. The first kappa shape index (κ1) is 13.3. The highest BCUT2D eigenvalue weighted by Gasteiger charge is 2.25. The number of nitrogens with two attached hydrogens (primary N) is 1. The highest BCUT2D eigenvalue weighted by molar-refractivity contribution is 4.82. The van der Waals surface area contributed by atoms with E-state index in [1.807, 2.05) is 0 Å². The molecule has 3 nitrogen and oxygen atoms in total. The lowest BCUT2D eigenvalue weighted by Crippen LogP contribution is -2.48. The molecule has 1 aliphatic heterocycles. The van der Waals surface area contributed by atoms with Crippen LogP contribution in [0.5, 0.6) is 0 Å². The van der Waals surface area contributed by atoms with Crippen molar-refractivity contribution in [1.29, 1.82) is 0 Å². The van der Waals surface area contributed by atoms with Gasteiger partial charge in [-0.1, -0.05) is 13.8 Å². The molecule has 2 rings (SSSR count). The molecular weight excluding hydrogens is 210 g/mol. The number of hydrogen-bond acceptors (Lipinski definition) is 3. The van der Waals surface area contributed by atoms with E-state index in [1.165, 1.54) is 58.5 Å². The molecule has 2 aliphatic rings. The van der Waals surface area contributed by atoms with Crippen LogP contribution < -0.4 is 5.73 Å². The van der Waals surface area contributed by atoms with Gasteiger partial charge in [0.15, 0.2) is 0 Å². The lowest BCUT2D eigenvalue weighted by Gasteiger charge is -2.36. The van der Waals surface area contributed by atoms with Crippen LogP contribution in [0.1, 0.15) is 33.1 Å². The van der Waals surface area contributed by atoms with Crippen molar-refractivity contribution < 1.29 is 0 Å². The molecule has 17 heavy (non-hydrogen) atoms. The Labute approximate surface area is 106 Å². The highest BCUT2D eigenvalue weighted by Crippen LogP contribution is 2.25. The molecule has 0 spiro atoms. The molecule has 0 amide bonds. The molecule has 0 aromatic carbocycles. The SMILES string of the molecule is CC(C)CN1CCN(CC2CCC(N)C2)CC1. The lowest BCUT2D eigenvalue weighted by molar-refractivity contribution is 0.109. The molecule has 1 heterocycles. The zero-order valence-electron chi connectivity index (χ0n) is 11.6. The fourth-order valence-electron chi connectivity index (χ4n) is 3.32. The standard InChI is InChI=1S/C14H29N3/c1-12(2)10-16-5-7-17(8-6-16)11-13-3-4-14(15)9-13/h12-14H,3-11,15H2,1-2H3. The Hall–Kier alpha value is -0.120. The van der Waals surface area contributed by atoms with Crippen LogP contribution in [0.25, 0.3) is 0 Å². The Morgan fingerprint density at radius 3 is 2.24 bits per heavy atom. The minimum atomic E-state index is 0.488. The summed E-state index contributed by atoms with van der Waals surface area (Å²) in [6, 6.07) is 0.488. The number of piperazine rings is 1. The first-order chi connectivity index (χ1) is 8.13. The van der Waals surface area contributed by atoms with Crippen molar-refractivity contribution in [3.8, 4) is 0 Å². The summed E-state index contributed by atoms with van der Waals surface area (Å²) in [5.41, 5.74) is 5.98. The molecule has 2 N–H and O–H groups in total. The molecule has 100 valence electrons. The summed E-state index contributed by atoms with van der Waals surface area (Å²) in [6.07, 6.45) is 3.86. The molecular formula is C14H29N3. The Balaban J connectivity index is 1.65.